The van der Waals surface area contributed by atoms with Gasteiger partial charge in [-0.25, -0.2) is 0 Å². The molecule has 124 valence electrons. The molecular formula is C20H22N2O2. The van der Waals surface area contributed by atoms with E-state index in [1.807, 2.05) is 49.5 Å². The molecule has 24 heavy (non-hydrogen) atoms. The van der Waals surface area contributed by atoms with Gasteiger partial charge in [-0.05, 0) is 43.5 Å². The van der Waals surface area contributed by atoms with Crippen molar-refractivity contribution in [2.75, 3.05) is 11.9 Å². The van der Waals surface area contributed by atoms with Gasteiger partial charge in [0, 0.05) is 23.5 Å². The van der Waals surface area contributed by atoms with Crippen LogP contribution in [0.2, 0.25) is 0 Å². The zero-order chi connectivity index (χ0) is 16.8. The zero-order valence-electron chi connectivity index (χ0n) is 13.8. The van der Waals surface area contributed by atoms with Crippen LogP contribution in [-0.2, 0) is 11.2 Å². The van der Waals surface area contributed by atoms with Crippen LogP contribution in [0.5, 0.6) is 5.75 Å². The fraction of sp³-hybridized carbons (Fsp3) is 0.250. The van der Waals surface area contributed by atoms with Gasteiger partial charge in [-0.3, -0.25) is 4.79 Å². The number of anilines is 1. The Morgan fingerprint density at radius 1 is 1.12 bits per heavy atom. The number of benzene rings is 2. The van der Waals surface area contributed by atoms with Crippen molar-refractivity contribution < 1.29 is 9.53 Å². The van der Waals surface area contributed by atoms with E-state index in [9.17, 15) is 4.79 Å². The van der Waals surface area contributed by atoms with E-state index in [0.717, 1.165) is 24.0 Å². The number of aromatic amines is 1. The van der Waals surface area contributed by atoms with Gasteiger partial charge < -0.3 is 15.0 Å². The molecule has 0 spiro atoms. The summed E-state index contributed by atoms with van der Waals surface area (Å²) in [6.45, 7) is 2.51. The highest BCUT2D eigenvalue weighted by Crippen LogP contribution is 2.24. The second-order valence-electron chi connectivity index (χ2n) is 5.69. The predicted octanol–water partition coefficient (Wildman–Crippen LogP) is 4.53. The van der Waals surface area contributed by atoms with Crippen LogP contribution in [0, 0.1) is 0 Å². The first kappa shape index (κ1) is 16.1. The molecule has 0 aliphatic carbocycles. The number of para-hydroxylation sites is 3. The van der Waals surface area contributed by atoms with Crippen molar-refractivity contribution in [1.29, 1.82) is 0 Å². The van der Waals surface area contributed by atoms with Crippen molar-refractivity contribution >= 4 is 22.5 Å². The molecule has 0 saturated heterocycles. The third-order valence-electron chi connectivity index (χ3n) is 3.99. The number of nitrogens with one attached hydrogen (secondary N) is 2. The molecule has 4 nitrogen and oxygen atoms in total. The molecule has 3 rings (SSSR count). The number of carbonyl (C=O) groups excluding carboxylic acids is 1. The number of aromatic nitrogens is 1. The maximum Gasteiger partial charge on any atom is 0.224 e. The molecule has 0 atom stereocenters. The minimum Gasteiger partial charge on any atom is -0.492 e. The van der Waals surface area contributed by atoms with Gasteiger partial charge in [-0.1, -0.05) is 30.3 Å². The van der Waals surface area contributed by atoms with E-state index in [-0.39, 0.29) is 5.91 Å². The summed E-state index contributed by atoms with van der Waals surface area (Å²) in [5.41, 5.74) is 3.13. The summed E-state index contributed by atoms with van der Waals surface area (Å²) < 4.78 is 5.53. The monoisotopic (exact) mass is 322 g/mol. The number of hydrogen-bond donors (Lipinski definition) is 2. The van der Waals surface area contributed by atoms with E-state index < -0.39 is 0 Å². The minimum atomic E-state index is 0.0157. The molecule has 1 amide bonds. The van der Waals surface area contributed by atoms with Crippen LogP contribution in [0.3, 0.4) is 0 Å². The van der Waals surface area contributed by atoms with E-state index in [4.69, 9.17) is 4.74 Å². The SMILES string of the molecule is CCOc1ccccc1NC(=O)CCCc1c[nH]c2ccccc12. The summed E-state index contributed by atoms with van der Waals surface area (Å²) >= 11 is 0. The molecule has 0 radical (unpaired) electrons. The maximum absolute atomic E-state index is 12.2. The Balaban J connectivity index is 1.55. The molecule has 1 aromatic heterocycles. The van der Waals surface area contributed by atoms with Gasteiger partial charge in [0.1, 0.15) is 5.75 Å². The largest absolute Gasteiger partial charge is 0.492 e. The average molecular weight is 322 g/mol. The molecule has 0 aliphatic rings. The van der Waals surface area contributed by atoms with Gasteiger partial charge in [-0.15, -0.1) is 0 Å². The molecular weight excluding hydrogens is 300 g/mol. The van der Waals surface area contributed by atoms with Crippen molar-refractivity contribution in [1.82, 2.24) is 4.98 Å². The number of H-pyrrole nitrogens is 1. The number of hydrogen-bond acceptors (Lipinski definition) is 2. The lowest BCUT2D eigenvalue weighted by molar-refractivity contribution is -0.116. The molecule has 0 unspecified atom stereocenters. The molecule has 0 saturated carbocycles. The Bertz CT molecular complexity index is 823. The Hall–Kier alpha value is -2.75. The Labute approximate surface area is 141 Å². The molecule has 0 bridgehead atoms. The molecule has 0 aliphatic heterocycles. The van der Waals surface area contributed by atoms with Gasteiger partial charge in [-0.2, -0.15) is 0 Å². The summed E-state index contributed by atoms with van der Waals surface area (Å²) in [6, 6.07) is 15.8. The van der Waals surface area contributed by atoms with Gasteiger partial charge in [0.05, 0.1) is 12.3 Å². The lowest BCUT2D eigenvalue weighted by Gasteiger charge is -2.11. The molecule has 0 fully saturated rings. The van der Waals surface area contributed by atoms with Crippen molar-refractivity contribution in [3.63, 3.8) is 0 Å². The topological polar surface area (TPSA) is 54.1 Å². The number of ether oxygens (including phenoxy) is 1. The zero-order valence-corrected chi connectivity index (χ0v) is 13.8. The second-order valence-corrected chi connectivity index (χ2v) is 5.69. The highest BCUT2D eigenvalue weighted by molar-refractivity contribution is 5.92. The Kier molecular flexibility index (Phi) is 5.16. The summed E-state index contributed by atoms with van der Waals surface area (Å²) in [5.74, 6) is 0.729. The molecule has 2 N–H and O–H groups in total. The summed E-state index contributed by atoms with van der Waals surface area (Å²) in [7, 11) is 0. The van der Waals surface area contributed by atoms with Crippen LogP contribution in [0.15, 0.2) is 54.7 Å². The number of amides is 1. The first-order valence-corrected chi connectivity index (χ1v) is 8.34. The molecule has 2 aromatic carbocycles. The quantitative estimate of drug-likeness (QED) is 0.671. The fourth-order valence-corrected chi connectivity index (χ4v) is 2.84. The van der Waals surface area contributed by atoms with E-state index in [0.29, 0.717) is 18.8 Å². The molecule has 1 heterocycles. The lowest BCUT2D eigenvalue weighted by atomic mass is 10.1. The van der Waals surface area contributed by atoms with E-state index in [2.05, 4.69) is 22.4 Å². The molecule has 3 aromatic rings. The van der Waals surface area contributed by atoms with Crippen molar-refractivity contribution in [2.45, 2.75) is 26.2 Å². The summed E-state index contributed by atoms with van der Waals surface area (Å²) in [4.78, 5) is 15.5. The number of fused-ring (bicyclic) bond motifs is 1. The maximum atomic E-state index is 12.2. The van der Waals surface area contributed by atoms with Crippen LogP contribution in [-0.4, -0.2) is 17.5 Å². The number of aryl methyl sites for hydroxylation is 1. The average Bonchev–Trinajstić information content (AvgIpc) is 3.00. The van der Waals surface area contributed by atoms with Crippen LogP contribution in [0.4, 0.5) is 5.69 Å². The van der Waals surface area contributed by atoms with Gasteiger partial charge in [0.15, 0.2) is 0 Å². The first-order chi connectivity index (χ1) is 11.8. The third kappa shape index (κ3) is 3.77. The van der Waals surface area contributed by atoms with E-state index in [1.165, 1.54) is 10.9 Å². The van der Waals surface area contributed by atoms with Crippen molar-refractivity contribution in [2.24, 2.45) is 0 Å². The second kappa shape index (κ2) is 7.68. The first-order valence-electron chi connectivity index (χ1n) is 8.34. The Morgan fingerprint density at radius 2 is 1.92 bits per heavy atom. The highest BCUT2D eigenvalue weighted by Gasteiger charge is 2.08. The van der Waals surface area contributed by atoms with Crippen LogP contribution >= 0.6 is 0 Å². The fourth-order valence-electron chi connectivity index (χ4n) is 2.84. The number of rotatable bonds is 7. The van der Waals surface area contributed by atoms with E-state index in [1.54, 1.807) is 0 Å². The smallest absolute Gasteiger partial charge is 0.224 e. The summed E-state index contributed by atoms with van der Waals surface area (Å²) in [6.07, 6.45) is 4.21. The summed E-state index contributed by atoms with van der Waals surface area (Å²) in [5, 5.41) is 4.18. The third-order valence-corrected chi connectivity index (χ3v) is 3.99. The van der Waals surface area contributed by atoms with Crippen LogP contribution in [0.1, 0.15) is 25.3 Å². The van der Waals surface area contributed by atoms with Gasteiger partial charge in [0.25, 0.3) is 0 Å². The highest BCUT2D eigenvalue weighted by atomic mass is 16.5. The van der Waals surface area contributed by atoms with Crippen LogP contribution in [0.25, 0.3) is 10.9 Å². The number of carbonyl (C=O) groups is 1. The van der Waals surface area contributed by atoms with Crippen molar-refractivity contribution in [3.8, 4) is 5.75 Å². The Morgan fingerprint density at radius 3 is 2.79 bits per heavy atom. The lowest BCUT2D eigenvalue weighted by Crippen LogP contribution is -2.12. The van der Waals surface area contributed by atoms with Gasteiger partial charge >= 0.3 is 0 Å². The van der Waals surface area contributed by atoms with Crippen molar-refractivity contribution in [3.05, 3.63) is 60.3 Å². The van der Waals surface area contributed by atoms with Crippen LogP contribution < -0.4 is 10.1 Å². The molecule has 4 heteroatoms. The standard InChI is InChI=1S/C20H22N2O2/c1-2-24-19-12-6-5-11-18(19)22-20(23)13-7-8-15-14-21-17-10-4-3-9-16(15)17/h3-6,9-12,14,21H,2,7-8,13H2,1H3,(H,22,23). The normalized spacial score (nSPS) is 10.7. The predicted molar refractivity (Wildman–Crippen MR) is 97.5 cm³/mol. The minimum absolute atomic E-state index is 0.0157. The van der Waals surface area contributed by atoms with Gasteiger partial charge in [0.2, 0.25) is 5.91 Å². The van der Waals surface area contributed by atoms with E-state index >= 15 is 0 Å².